The first-order valence-electron chi connectivity index (χ1n) is 4.64. The smallest absolute Gasteiger partial charge is 0.138 e. The van der Waals surface area contributed by atoms with Gasteiger partial charge in [0.2, 0.25) is 0 Å². The predicted molar refractivity (Wildman–Crippen MR) is 68.7 cm³/mol. The first kappa shape index (κ1) is 9.99. The fraction of sp³-hybridized carbons (Fsp3) is 0. The highest BCUT2D eigenvalue weighted by molar-refractivity contribution is 9.10. The minimum absolute atomic E-state index is 0.794. The van der Waals surface area contributed by atoms with Crippen LogP contribution in [0.4, 0.5) is 0 Å². The molecule has 0 aliphatic rings. The maximum atomic E-state index is 5.09. The van der Waals surface area contributed by atoms with E-state index in [0.717, 1.165) is 31.7 Å². The molecule has 5 heteroatoms. The summed E-state index contributed by atoms with van der Waals surface area (Å²) in [6.45, 7) is 0. The van der Waals surface area contributed by atoms with E-state index in [1.165, 1.54) is 0 Å². The second-order valence-corrected chi connectivity index (χ2v) is 4.77. The van der Waals surface area contributed by atoms with Crippen molar-refractivity contribution in [1.29, 1.82) is 0 Å². The third kappa shape index (κ3) is 1.47. The summed E-state index contributed by atoms with van der Waals surface area (Å²) < 4.78 is 6.03. The van der Waals surface area contributed by atoms with E-state index < -0.39 is 0 Å². The van der Waals surface area contributed by atoms with E-state index in [2.05, 4.69) is 38.5 Å². The highest BCUT2D eigenvalue weighted by Crippen LogP contribution is 2.34. The number of fused-ring (bicyclic) bond motifs is 1. The van der Waals surface area contributed by atoms with Gasteiger partial charge in [0.25, 0.3) is 0 Å². The predicted octanol–water partition coefficient (Wildman–Crippen LogP) is 3.87. The molecular weight excluding hydrogens is 288 g/mol. The lowest BCUT2D eigenvalue weighted by Gasteiger charge is -1.96. The van der Waals surface area contributed by atoms with Crippen LogP contribution in [0, 0.1) is 0 Å². The number of hydrogen-bond acceptors (Lipinski definition) is 3. The van der Waals surface area contributed by atoms with Gasteiger partial charge in [-0.3, -0.25) is 0 Å². The number of thiol groups is 1. The fourth-order valence-corrected chi connectivity index (χ4v) is 2.42. The van der Waals surface area contributed by atoms with Crippen molar-refractivity contribution in [3.05, 3.63) is 35.3 Å². The van der Waals surface area contributed by atoms with Crippen molar-refractivity contribution < 1.29 is 4.42 Å². The van der Waals surface area contributed by atoms with E-state index in [-0.39, 0.29) is 0 Å². The summed E-state index contributed by atoms with van der Waals surface area (Å²) in [6.07, 6.45) is 5.10. The van der Waals surface area contributed by atoms with E-state index in [0.29, 0.717) is 0 Å². The molecule has 3 aromatic heterocycles. The lowest BCUT2D eigenvalue weighted by Crippen LogP contribution is -1.76. The molecule has 0 aromatic carbocycles. The molecule has 80 valence electrons. The van der Waals surface area contributed by atoms with Gasteiger partial charge >= 0.3 is 0 Å². The number of H-pyrrole nitrogens is 1. The average molecular weight is 295 g/mol. The van der Waals surface area contributed by atoms with Crippen LogP contribution in [0.25, 0.3) is 22.2 Å². The van der Waals surface area contributed by atoms with Gasteiger partial charge in [0.1, 0.15) is 5.65 Å². The fourth-order valence-electron chi connectivity index (χ4n) is 1.73. The first-order chi connectivity index (χ1) is 7.75. The Bertz CT molecular complexity index is 645. The Morgan fingerprint density at radius 3 is 3.06 bits per heavy atom. The van der Waals surface area contributed by atoms with Crippen molar-refractivity contribution in [2.75, 3.05) is 0 Å². The molecule has 0 aliphatic carbocycles. The maximum Gasteiger partial charge on any atom is 0.138 e. The number of pyridine rings is 1. The molecule has 0 atom stereocenters. The van der Waals surface area contributed by atoms with Gasteiger partial charge in [-0.25, -0.2) is 4.98 Å². The molecule has 0 saturated heterocycles. The molecule has 0 spiro atoms. The standard InChI is InChI=1S/C11H7BrN2OS/c12-7-3-8-9(6-1-2-15-5-6)11(16)14-10(8)13-4-7/h1-5,16H,(H,13,14). The number of nitrogens with one attached hydrogen (secondary N) is 1. The van der Waals surface area contributed by atoms with Crippen molar-refractivity contribution in [3.8, 4) is 11.1 Å². The number of aromatic nitrogens is 2. The number of aromatic amines is 1. The zero-order valence-corrected chi connectivity index (χ0v) is 10.5. The summed E-state index contributed by atoms with van der Waals surface area (Å²) in [5.41, 5.74) is 2.83. The highest BCUT2D eigenvalue weighted by Gasteiger charge is 2.13. The number of rotatable bonds is 1. The Morgan fingerprint density at radius 2 is 2.31 bits per heavy atom. The van der Waals surface area contributed by atoms with Gasteiger partial charge in [0.05, 0.1) is 17.6 Å². The van der Waals surface area contributed by atoms with Crippen LogP contribution in [0.15, 0.2) is 44.8 Å². The molecule has 0 aliphatic heterocycles. The van der Waals surface area contributed by atoms with Crippen molar-refractivity contribution in [3.63, 3.8) is 0 Å². The summed E-state index contributed by atoms with van der Waals surface area (Å²) in [4.78, 5) is 7.42. The average Bonchev–Trinajstić information content (AvgIpc) is 2.83. The van der Waals surface area contributed by atoms with E-state index in [1.54, 1.807) is 18.7 Å². The Kier molecular flexibility index (Phi) is 2.29. The molecule has 3 heterocycles. The molecule has 0 bridgehead atoms. The van der Waals surface area contributed by atoms with Crippen molar-refractivity contribution in [2.24, 2.45) is 0 Å². The van der Waals surface area contributed by atoms with Crippen LogP contribution in [0.3, 0.4) is 0 Å². The van der Waals surface area contributed by atoms with Crippen molar-refractivity contribution in [2.45, 2.75) is 5.03 Å². The van der Waals surface area contributed by atoms with Crippen LogP contribution in [-0.2, 0) is 0 Å². The minimum Gasteiger partial charge on any atom is -0.472 e. The summed E-state index contributed by atoms with van der Waals surface area (Å²) in [7, 11) is 0. The molecule has 16 heavy (non-hydrogen) atoms. The second kappa shape index (κ2) is 3.68. The van der Waals surface area contributed by atoms with Gasteiger partial charge in [-0.15, -0.1) is 12.6 Å². The molecule has 3 nitrogen and oxygen atoms in total. The Labute approximate surface area is 105 Å². The molecule has 3 aromatic rings. The van der Waals surface area contributed by atoms with Crippen LogP contribution in [0.1, 0.15) is 0 Å². The van der Waals surface area contributed by atoms with Gasteiger partial charge in [-0.2, -0.15) is 0 Å². The molecule has 0 radical (unpaired) electrons. The van der Waals surface area contributed by atoms with Gasteiger partial charge in [-0.1, -0.05) is 0 Å². The molecular formula is C11H7BrN2OS. The Hall–Kier alpha value is -1.20. The number of hydrogen-bond donors (Lipinski definition) is 2. The topological polar surface area (TPSA) is 41.8 Å². The van der Waals surface area contributed by atoms with Crippen LogP contribution < -0.4 is 0 Å². The third-order valence-corrected chi connectivity index (χ3v) is 3.18. The molecule has 0 unspecified atom stereocenters. The van der Waals surface area contributed by atoms with E-state index in [1.807, 2.05) is 12.1 Å². The van der Waals surface area contributed by atoms with Gasteiger partial charge in [0.15, 0.2) is 0 Å². The lowest BCUT2D eigenvalue weighted by molar-refractivity contribution is 0.568. The number of nitrogens with zero attached hydrogens (tertiary/aromatic N) is 1. The van der Waals surface area contributed by atoms with Crippen LogP contribution >= 0.6 is 28.6 Å². The Morgan fingerprint density at radius 1 is 1.44 bits per heavy atom. The van der Waals surface area contributed by atoms with Gasteiger partial charge in [-0.05, 0) is 28.1 Å². The monoisotopic (exact) mass is 294 g/mol. The molecule has 0 amide bonds. The Balaban J connectivity index is 2.38. The van der Waals surface area contributed by atoms with E-state index >= 15 is 0 Å². The third-order valence-electron chi connectivity index (χ3n) is 2.41. The quantitative estimate of drug-likeness (QED) is 0.669. The van der Waals surface area contributed by atoms with E-state index in [9.17, 15) is 0 Å². The maximum absolute atomic E-state index is 5.09. The molecule has 3 rings (SSSR count). The summed E-state index contributed by atoms with van der Waals surface area (Å²) >= 11 is 7.84. The van der Waals surface area contributed by atoms with Crippen LogP contribution in [0.5, 0.6) is 0 Å². The number of furan rings is 1. The lowest BCUT2D eigenvalue weighted by atomic mass is 10.1. The number of halogens is 1. The normalized spacial score (nSPS) is 11.1. The largest absolute Gasteiger partial charge is 0.472 e. The van der Waals surface area contributed by atoms with Crippen LogP contribution in [-0.4, -0.2) is 9.97 Å². The second-order valence-electron chi connectivity index (χ2n) is 3.41. The van der Waals surface area contributed by atoms with Crippen LogP contribution in [0.2, 0.25) is 0 Å². The summed E-state index contributed by atoms with van der Waals surface area (Å²) in [6, 6.07) is 3.92. The zero-order valence-electron chi connectivity index (χ0n) is 8.07. The molecule has 1 N–H and O–H groups in total. The highest BCUT2D eigenvalue weighted by atomic mass is 79.9. The summed E-state index contributed by atoms with van der Waals surface area (Å²) in [5.74, 6) is 0. The minimum atomic E-state index is 0.794. The van der Waals surface area contributed by atoms with Crippen molar-refractivity contribution >= 4 is 39.6 Å². The van der Waals surface area contributed by atoms with E-state index in [4.69, 9.17) is 4.42 Å². The molecule has 0 saturated carbocycles. The molecule has 0 fully saturated rings. The SMILES string of the molecule is Sc1[nH]c2ncc(Br)cc2c1-c1ccoc1. The van der Waals surface area contributed by atoms with Crippen molar-refractivity contribution in [1.82, 2.24) is 9.97 Å². The zero-order chi connectivity index (χ0) is 11.1. The first-order valence-corrected chi connectivity index (χ1v) is 5.88. The van der Waals surface area contributed by atoms with Gasteiger partial charge < -0.3 is 9.40 Å². The van der Waals surface area contributed by atoms with Gasteiger partial charge in [0, 0.05) is 27.2 Å². The summed E-state index contributed by atoms with van der Waals surface area (Å²) in [5, 5.41) is 1.82.